The number of carboxylic acids is 1. The summed E-state index contributed by atoms with van der Waals surface area (Å²) in [6.07, 6.45) is 0. The molecule has 9 heteroatoms. The van der Waals surface area contributed by atoms with E-state index in [1.54, 1.807) is 6.07 Å². The first-order valence-corrected chi connectivity index (χ1v) is 5.81. The summed E-state index contributed by atoms with van der Waals surface area (Å²) in [6, 6.07) is 4.39. The number of nitro groups is 1. The Morgan fingerprint density at radius 2 is 2.21 bits per heavy atom. The fourth-order valence-electron chi connectivity index (χ4n) is 1.58. The van der Waals surface area contributed by atoms with Crippen LogP contribution in [0.25, 0.3) is 5.69 Å². The van der Waals surface area contributed by atoms with Gasteiger partial charge in [-0.1, -0.05) is 21.1 Å². The van der Waals surface area contributed by atoms with Gasteiger partial charge in [0.2, 0.25) is 0 Å². The Balaban J connectivity index is 2.66. The highest BCUT2D eigenvalue weighted by molar-refractivity contribution is 9.10. The van der Waals surface area contributed by atoms with Gasteiger partial charge in [0.1, 0.15) is 5.69 Å². The van der Waals surface area contributed by atoms with Crippen LogP contribution in [0.1, 0.15) is 16.2 Å². The number of carboxylic acid groups (broad SMARTS) is 1. The van der Waals surface area contributed by atoms with Crippen molar-refractivity contribution < 1.29 is 14.8 Å². The topological polar surface area (TPSA) is 111 Å². The van der Waals surface area contributed by atoms with E-state index in [0.717, 1.165) is 4.68 Å². The number of nitro benzene ring substituents is 1. The molecule has 0 aliphatic heterocycles. The van der Waals surface area contributed by atoms with Crippen LogP contribution >= 0.6 is 15.9 Å². The summed E-state index contributed by atoms with van der Waals surface area (Å²) in [4.78, 5) is 21.3. The second-order valence-electron chi connectivity index (χ2n) is 3.63. The Hall–Kier alpha value is -2.29. The number of aromatic carboxylic acids is 1. The molecule has 0 saturated carbocycles. The Morgan fingerprint density at radius 3 is 2.74 bits per heavy atom. The molecule has 1 aromatic heterocycles. The Labute approximate surface area is 114 Å². The molecule has 98 valence electrons. The van der Waals surface area contributed by atoms with Crippen molar-refractivity contribution in [1.29, 1.82) is 0 Å². The zero-order valence-corrected chi connectivity index (χ0v) is 11.2. The fourth-order valence-corrected chi connectivity index (χ4v) is 1.93. The first-order chi connectivity index (χ1) is 8.91. The van der Waals surface area contributed by atoms with Crippen molar-refractivity contribution in [3.8, 4) is 5.69 Å². The van der Waals surface area contributed by atoms with E-state index in [1.165, 1.54) is 19.1 Å². The normalized spacial score (nSPS) is 10.4. The lowest BCUT2D eigenvalue weighted by molar-refractivity contribution is -0.384. The molecule has 0 saturated heterocycles. The molecule has 0 atom stereocenters. The minimum Gasteiger partial charge on any atom is -0.476 e. The molecule has 0 amide bonds. The lowest BCUT2D eigenvalue weighted by atomic mass is 10.2. The summed E-state index contributed by atoms with van der Waals surface area (Å²) in [6.45, 7) is 1.48. The molecule has 0 aliphatic carbocycles. The highest BCUT2D eigenvalue weighted by Crippen LogP contribution is 2.27. The number of carbonyl (C=O) groups is 1. The largest absolute Gasteiger partial charge is 0.476 e. The van der Waals surface area contributed by atoms with Crippen LogP contribution in [0, 0.1) is 17.0 Å². The third-order valence-electron chi connectivity index (χ3n) is 2.46. The average molecular weight is 327 g/mol. The quantitative estimate of drug-likeness (QED) is 0.681. The van der Waals surface area contributed by atoms with Gasteiger partial charge in [0.15, 0.2) is 5.69 Å². The van der Waals surface area contributed by atoms with Gasteiger partial charge in [0.25, 0.3) is 5.69 Å². The van der Waals surface area contributed by atoms with Crippen LogP contribution in [0.15, 0.2) is 22.7 Å². The van der Waals surface area contributed by atoms with E-state index in [4.69, 9.17) is 5.11 Å². The van der Waals surface area contributed by atoms with Crippen LogP contribution in [0.4, 0.5) is 5.69 Å². The Kier molecular flexibility index (Phi) is 3.30. The van der Waals surface area contributed by atoms with E-state index < -0.39 is 10.9 Å². The maximum absolute atomic E-state index is 11.0. The van der Waals surface area contributed by atoms with Crippen LogP contribution in [0.5, 0.6) is 0 Å². The van der Waals surface area contributed by atoms with Crippen molar-refractivity contribution in [2.45, 2.75) is 6.92 Å². The van der Waals surface area contributed by atoms with Crippen molar-refractivity contribution in [3.05, 3.63) is 44.2 Å². The van der Waals surface area contributed by atoms with Crippen molar-refractivity contribution in [3.63, 3.8) is 0 Å². The van der Waals surface area contributed by atoms with Crippen LogP contribution < -0.4 is 0 Å². The summed E-state index contributed by atoms with van der Waals surface area (Å²) in [5.74, 6) is -1.23. The molecule has 8 nitrogen and oxygen atoms in total. The molecular weight excluding hydrogens is 320 g/mol. The van der Waals surface area contributed by atoms with Crippen LogP contribution in [-0.2, 0) is 0 Å². The standard InChI is InChI=1S/C10H7BrN4O4/c1-5-9(10(16)17)12-13-14(5)7-3-2-6(11)4-8(7)15(18)19/h2-4H,1H3,(H,16,17). The van der Waals surface area contributed by atoms with Gasteiger partial charge in [0.05, 0.1) is 10.6 Å². The Morgan fingerprint density at radius 1 is 1.53 bits per heavy atom. The SMILES string of the molecule is Cc1c(C(=O)O)nnn1-c1ccc(Br)cc1[N+](=O)[O-]. The molecule has 0 aliphatic rings. The molecule has 19 heavy (non-hydrogen) atoms. The van der Waals surface area contributed by atoms with Gasteiger partial charge < -0.3 is 5.11 Å². The molecule has 1 N–H and O–H groups in total. The van der Waals surface area contributed by atoms with E-state index >= 15 is 0 Å². The molecule has 2 aromatic rings. The predicted octanol–water partition coefficient (Wildman–Crippen LogP) is 1.94. The van der Waals surface area contributed by atoms with Gasteiger partial charge in [-0.05, 0) is 19.1 Å². The number of hydrogen-bond acceptors (Lipinski definition) is 5. The van der Waals surface area contributed by atoms with E-state index in [9.17, 15) is 14.9 Å². The van der Waals surface area contributed by atoms with E-state index in [0.29, 0.717) is 4.47 Å². The van der Waals surface area contributed by atoms with Gasteiger partial charge >= 0.3 is 5.97 Å². The Bertz CT molecular complexity index is 682. The number of nitrogens with zero attached hydrogens (tertiary/aromatic N) is 4. The highest BCUT2D eigenvalue weighted by atomic mass is 79.9. The fraction of sp³-hybridized carbons (Fsp3) is 0.100. The van der Waals surface area contributed by atoms with E-state index in [2.05, 4.69) is 26.2 Å². The molecule has 0 fully saturated rings. The zero-order valence-electron chi connectivity index (χ0n) is 9.57. The monoisotopic (exact) mass is 326 g/mol. The minimum atomic E-state index is -1.23. The second kappa shape index (κ2) is 4.76. The van der Waals surface area contributed by atoms with Gasteiger partial charge in [0, 0.05) is 10.5 Å². The zero-order chi connectivity index (χ0) is 14.2. The van der Waals surface area contributed by atoms with Gasteiger partial charge in [-0.3, -0.25) is 10.1 Å². The van der Waals surface area contributed by atoms with Crippen molar-refractivity contribution >= 4 is 27.6 Å². The average Bonchev–Trinajstić information content (AvgIpc) is 2.71. The minimum absolute atomic E-state index is 0.158. The third-order valence-corrected chi connectivity index (χ3v) is 2.95. The number of halogens is 1. The molecule has 1 heterocycles. The van der Waals surface area contributed by atoms with Crippen molar-refractivity contribution in [1.82, 2.24) is 15.0 Å². The molecule has 0 spiro atoms. The third kappa shape index (κ3) is 2.32. The van der Waals surface area contributed by atoms with Crippen LogP contribution in [-0.4, -0.2) is 31.0 Å². The van der Waals surface area contributed by atoms with Gasteiger partial charge in [-0.25, -0.2) is 9.48 Å². The smallest absolute Gasteiger partial charge is 0.358 e. The van der Waals surface area contributed by atoms with Crippen molar-refractivity contribution in [2.75, 3.05) is 0 Å². The molecule has 2 rings (SSSR count). The van der Waals surface area contributed by atoms with E-state index in [1.807, 2.05) is 0 Å². The molecule has 0 unspecified atom stereocenters. The number of rotatable bonds is 3. The molecule has 0 bridgehead atoms. The van der Waals surface area contributed by atoms with Gasteiger partial charge in [-0.2, -0.15) is 0 Å². The maximum atomic E-state index is 11.0. The lowest BCUT2D eigenvalue weighted by Crippen LogP contribution is -2.05. The number of aromatic nitrogens is 3. The first kappa shape index (κ1) is 13.1. The van der Waals surface area contributed by atoms with Crippen LogP contribution in [0.2, 0.25) is 0 Å². The number of hydrogen-bond donors (Lipinski definition) is 1. The summed E-state index contributed by atoms with van der Waals surface area (Å²) < 4.78 is 1.67. The molecule has 0 radical (unpaired) electrons. The summed E-state index contributed by atoms with van der Waals surface area (Å²) in [5.41, 5.74) is -0.0554. The first-order valence-electron chi connectivity index (χ1n) is 5.01. The summed E-state index contributed by atoms with van der Waals surface area (Å²) in [5, 5.41) is 27.0. The summed E-state index contributed by atoms with van der Waals surface area (Å²) >= 11 is 3.14. The molecule has 1 aromatic carbocycles. The van der Waals surface area contributed by atoms with E-state index in [-0.39, 0.29) is 22.8 Å². The van der Waals surface area contributed by atoms with Gasteiger partial charge in [-0.15, -0.1) is 5.10 Å². The van der Waals surface area contributed by atoms with Crippen LogP contribution in [0.3, 0.4) is 0 Å². The predicted molar refractivity (Wildman–Crippen MR) is 67.4 cm³/mol. The number of benzene rings is 1. The molecular formula is C10H7BrN4O4. The lowest BCUT2D eigenvalue weighted by Gasteiger charge is -2.04. The highest BCUT2D eigenvalue weighted by Gasteiger charge is 2.22. The summed E-state index contributed by atoms with van der Waals surface area (Å²) in [7, 11) is 0. The van der Waals surface area contributed by atoms with Crippen molar-refractivity contribution in [2.24, 2.45) is 0 Å². The second-order valence-corrected chi connectivity index (χ2v) is 4.55. The maximum Gasteiger partial charge on any atom is 0.358 e.